The third kappa shape index (κ3) is 2.96. The van der Waals surface area contributed by atoms with Gasteiger partial charge in [0.2, 0.25) is 0 Å². The zero-order valence-corrected chi connectivity index (χ0v) is 8.92. The lowest BCUT2D eigenvalue weighted by Crippen LogP contribution is -2.37. The van der Waals surface area contributed by atoms with Crippen LogP contribution in [-0.2, 0) is 0 Å². The third-order valence-corrected chi connectivity index (χ3v) is 3.40. The van der Waals surface area contributed by atoms with Gasteiger partial charge < -0.3 is 10.4 Å². The average molecular weight is 185 g/mol. The van der Waals surface area contributed by atoms with E-state index in [0.717, 1.165) is 38.8 Å². The molecule has 0 radical (unpaired) electrons. The summed E-state index contributed by atoms with van der Waals surface area (Å²) in [4.78, 5) is 0. The zero-order chi connectivity index (χ0) is 9.68. The smallest absolute Gasteiger partial charge is 0.0597 e. The predicted octanol–water partition coefficient (Wildman–Crippen LogP) is 1.78. The van der Waals surface area contributed by atoms with Gasteiger partial charge in [-0.3, -0.25) is 0 Å². The van der Waals surface area contributed by atoms with E-state index in [1.807, 2.05) is 0 Å². The summed E-state index contributed by atoms with van der Waals surface area (Å²) in [5, 5.41) is 13.4. The molecule has 1 heterocycles. The standard InChI is InChI=1S/C11H23NO/c1-3-9(4-2)11(13)10-5-7-12-8-6-10/h9-13H,3-8H2,1-2H3. The molecule has 1 saturated heterocycles. The Hall–Kier alpha value is -0.0800. The lowest BCUT2D eigenvalue weighted by atomic mass is 9.82. The first-order chi connectivity index (χ1) is 6.29. The molecule has 2 heteroatoms. The lowest BCUT2D eigenvalue weighted by molar-refractivity contribution is 0.0330. The van der Waals surface area contributed by atoms with E-state index in [1.54, 1.807) is 0 Å². The van der Waals surface area contributed by atoms with E-state index in [2.05, 4.69) is 19.2 Å². The Morgan fingerprint density at radius 2 is 1.77 bits per heavy atom. The molecule has 0 spiro atoms. The number of hydrogen-bond acceptors (Lipinski definition) is 2. The summed E-state index contributed by atoms with van der Waals surface area (Å²) < 4.78 is 0. The second kappa shape index (κ2) is 5.61. The Labute approximate surface area is 81.7 Å². The predicted molar refractivity (Wildman–Crippen MR) is 55.7 cm³/mol. The molecule has 0 aliphatic carbocycles. The monoisotopic (exact) mass is 185 g/mol. The van der Waals surface area contributed by atoms with E-state index in [1.165, 1.54) is 0 Å². The van der Waals surface area contributed by atoms with E-state index in [-0.39, 0.29) is 6.10 Å². The summed E-state index contributed by atoms with van der Waals surface area (Å²) in [7, 11) is 0. The molecule has 0 aromatic rings. The number of aliphatic hydroxyl groups excluding tert-OH is 1. The van der Waals surface area contributed by atoms with Crippen molar-refractivity contribution in [3.8, 4) is 0 Å². The van der Waals surface area contributed by atoms with Crippen molar-refractivity contribution >= 4 is 0 Å². The minimum Gasteiger partial charge on any atom is -0.393 e. The highest BCUT2D eigenvalue weighted by Crippen LogP contribution is 2.25. The van der Waals surface area contributed by atoms with E-state index >= 15 is 0 Å². The molecule has 0 aromatic carbocycles. The first-order valence-electron chi connectivity index (χ1n) is 5.68. The molecule has 0 amide bonds. The Morgan fingerprint density at radius 1 is 1.23 bits per heavy atom. The Kier molecular flexibility index (Phi) is 4.74. The summed E-state index contributed by atoms with van der Waals surface area (Å²) >= 11 is 0. The number of piperidine rings is 1. The first-order valence-corrected chi connectivity index (χ1v) is 5.68. The number of aliphatic hydroxyl groups is 1. The second-order valence-electron chi connectivity index (χ2n) is 4.15. The fourth-order valence-electron chi connectivity index (χ4n) is 2.34. The molecular formula is C11H23NO. The van der Waals surface area contributed by atoms with Crippen LogP contribution in [0, 0.1) is 11.8 Å². The van der Waals surface area contributed by atoms with E-state index < -0.39 is 0 Å². The van der Waals surface area contributed by atoms with Gasteiger partial charge in [-0.25, -0.2) is 0 Å². The maximum absolute atomic E-state index is 10.1. The molecule has 0 aromatic heterocycles. The van der Waals surface area contributed by atoms with Gasteiger partial charge in [0.05, 0.1) is 6.10 Å². The van der Waals surface area contributed by atoms with Crippen LogP contribution in [0.2, 0.25) is 0 Å². The highest BCUT2D eigenvalue weighted by atomic mass is 16.3. The summed E-state index contributed by atoms with van der Waals surface area (Å²) in [5.41, 5.74) is 0. The van der Waals surface area contributed by atoms with Crippen LogP contribution in [0.1, 0.15) is 39.5 Å². The number of rotatable bonds is 4. The lowest BCUT2D eigenvalue weighted by Gasteiger charge is -2.31. The van der Waals surface area contributed by atoms with Gasteiger partial charge in [0.1, 0.15) is 0 Å². The largest absolute Gasteiger partial charge is 0.393 e. The van der Waals surface area contributed by atoms with Gasteiger partial charge in [0.25, 0.3) is 0 Å². The van der Waals surface area contributed by atoms with Crippen molar-refractivity contribution in [3.05, 3.63) is 0 Å². The quantitative estimate of drug-likeness (QED) is 0.700. The maximum Gasteiger partial charge on any atom is 0.0597 e. The second-order valence-corrected chi connectivity index (χ2v) is 4.15. The van der Waals surface area contributed by atoms with Crippen LogP contribution < -0.4 is 5.32 Å². The summed E-state index contributed by atoms with van der Waals surface area (Å²) in [6.45, 7) is 6.53. The summed E-state index contributed by atoms with van der Waals surface area (Å²) in [5.74, 6) is 1.06. The fraction of sp³-hybridized carbons (Fsp3) is 1.00. The minimum absolute atomic E-state index is 0.0582. The minimum atomic E-state index is -0.0582. The van der Waals surface area contributed by atoms with Crippen molar-refractivity contribution in [2.45, 2.75) is 45.6 Å². The normalized spacial score (nSPS) is 22.2. The molecule has 1 rings (SSSR count). The zero-order valence-electron chi connectivity index (χ0n) is 8.92. The molecule has 1 aliphatic heterocycles. The van der Waals surface area contributed by atoms with Crippen LogP contribution >= 0.6 is 0 Å². The van der Waals surface area contributed by atoms with Crippen molar-refractivity contribution in [1.29, 1.82) is 0 Å². The third-order valence-electron chi connectivity index (χ3n) is 3.40. The Morgan fingerprint density at radius 3 is 2.23 bits per heavy atom. The fourth-order valence-corrected chi connectivity index (χ4v) is 2.34. The Balaban J connectivity index is 2.38. The molecule has 13 heavy (non-hydrogen) atoms. The van der Waals surface area contributed by atoms with Crippen molar-refractivity contribution in [2.75, 3.05) is 13.1 Å². The van der Waals surface area contributed by atoms with Crippen molar-refractivity contribution in [1.82, 2.24) is 5.32 Å². The molecule has 1 atom stereocenters. The molecule has 1 unspecified atom stereocenters. The number of hydrogen-bond donors (Lipinski definition) is 2. The van der Waals surface area contributed by atoms with Crippen LogP contribution in [0.25, 0.3) is 0 Å². The SMILES string of the molecule is CCC(CC)C(O)C1CCNCC1. The highest BCUT2D eigenvalue weighted by Gasteiger charge is 2.26. The molecule has 1 aliphatic rings. The summed E-state index contributed by atoms with van der Waals surface area (Å²) in [6.07, 6.45) is 4.47. The van der Waals surface area contributed by atoms with E-state index in [0.29, 0.717) is 11.8 Å². The van der Waals surface area contributed by atoms with Crippen LogP contribution in [-0.4, -0.2) is 24.3 Å². The van der Waals surface area contributed by atoms with Crippen LogP contribution in [0.15, 0.2) is 0 Å². The van der Waals surface area contributed by atoms with Gasteiger partial charge >= 0.3 is 0 Å². The van der Waals surface area contributed by atoms with E-state index in [4.69, 9.17) is 0 Å². The first kappa shape index (κ1) is 11.0. The maximum atomic E-state index is 10.1. The van der Waals surface area contributed by atoms with Crippen molar-refractivity contribution in [3.63, 3.8) is 0 Å². The number of nitrogens with one attached hydrogen (secondary N) is 1. The van der Waals surface area contributed by atoms with Gasteiger partial charge in [-0.1, -0.05) is 26.7 Å². The van der Waals surface area contributed by atoms with Gasteiger partial charge in [-0.15, -0.1) is 0 Å². The molecular weight excluding hydrogens is 162 g/mol. The van der Waals surface area contributed by atoms with Gasteiger partial charge in [-0.2, -0.15) is 0 Å². The van der Waals surface area contributed by atoms with Crippen LogP contribution in [0.5, 0.6) is 0 Å². The average Bonchev–Trinajstić information content (AvgIpc) is 2.21. The summed E-state index contributed by atoms with van der Waals surface area (Å²) in [6, 6.07) is 0. The van der Waals surface area contributed by atoms with Crippen molar-refractivity contribution < 1.29 is 5.11 Å². The Bertz CT molecular complexity index is 128. The molecule has 78 valence electrons. The van der Waals surface area contributed by atoms with Gasteiger partial charge in [-0.05, 0) is 37.8 Å². The topological polar surface area (TPSA) is 32.3 Å². The van der Waals surface area contributed by atoms with E-state index in [9.17, 15) is 5.11 Å². The van der Waals surface area contributed by atoms with Crippen LogP contribution in [0.4, 0.5) is 0 Å². The molecule has 2 nitrogen and oxygen atoms in total. The van der Waals surface area contributed by atoms with Gasteiger partial charge in [0, 0.05) is 0 Å². The highest BCUT2D eigenvalue weighted by molar-refractivity contribution is 4.79. The molecule has 0 saturated carbocycles. The molecule has 0 bridgehead atoms. The van der Waals surface area contributed by atoms with Crippen LogP contribution in [0.3, 0.4) is 0 Å². The van der Waals surface area contributed by atoms with Crippen molar-refractivity contribution in [2.24, 2.45) is 11.8 Å². The van der Waals surface area contributed by atoms with Gasteiger partial charge in [0.15, 0.2) is 0 Å². The molecule has 2 N–H and O–H groups in total. The molecule has 1 fully saturated rings.